The fourth-order valence-corrected chi connectivity index (χ4v) is 1.79. The molecule has 126 valence electrons. The van der Waals surface area contributed by atoms with Gasteiger partial charge in [-0.05, 0) is 36.4 Å². The molecule has 0 radical (unpaired) electrons. The number of phenols is 1. The number of hydrogen-bond donors (Lipinski definition) is 4. The van der Waals surface area contributed by atoms with Crippen LogP contribution < -0.4 is 16.2 Å². The van der Waals surface area contributed by atoms with E-state index in [4.69, 9.17) is 5.11 Å². The number of benzene rings is 2. The zero-order valence-corrected chi connectivity index (χ0v) is 12.0. The maximum Gasteiger partial charge on any atom is 0.418 e. The van der Waals surface area contributed by atoms with Gasteiger partial charge in [0.25, 0.3) is 5.91 Å². The molecular formula is C15H12F3N3O3. The van der Waals surface area contributed by atoms with Crippen molar-refractivity contribution in [3.05, 3.63) is 59.7 Å². The van der Waals surface area contributed by atoms with Crippen LogP contribution in [0, 0.1) is 0 Å². The number of aromatic hydroxyl groups is 1. The fourth-order valence-electron chi connectivity index (χ4n) is 1.79. The van der Waals surface area contributed by atoms with Gasteiger partial charge in [0.15, 0.2) is 0 Å². The lowest BCUT2D eigenvalue weighted by Crippen LogP contribution is -2.44. The van der Waals surface area contributed by atoms with Gasteiger partial charge in [0.05, 0.1) is 11.3 Å². The van der Waals surface area contributed by atoms with Crippen LogP contribution in [0.5, 0.6) is 5.75 Å². The second kappa shape index (κ2) is 6.90. The van der Waals surface area contributed by atoms with E-state index in [1.54, 1.807) is 0 Å². The van der Waals surface area contributed by atoms with E-state index >= 15 is 0 Å². The Labute approximate surface area is 134 Å². The van der Waals surface area contributed by atoms with E-state index in [9.17, 15) is 22.8 Å². The number of anilines is 1. The summed E-state index contributed by atoms with van der Waals surface area (Å²) >= 11 is 0. The van der Waals surface area contributed by atoms with Crippen molar-refractivity contribution in [1.82, 2.24) is 10.9 Å². The highest BCUT2D eigenvalue weighted by molar-refractivity contribution is 5.97. The first-order valence-electron chi connectivity index (χ1n) is 6.60. The minimum atomic E-state index is -4.63. The van der Waals surface area contributed by atoms with E-state index in [0.29, 0.717) is 0 Å². The molecule has 0 aliphatic carbocycles. The van der Waals surface area contributed by atoms with Gasteiger partial charge in [-0.2, -0.15) is 13.2 Å². The quantitative estimate of drug-likeness (QED) is 0.634. The van der Waals surface area contributed by atoms with E-state index in [2.05, 4.69) is 0 Å². The Morgan fingerprint density at radius 3 is 2.17 bits per heavy atom. The van der Waals surface area contributed by atoms with E-state index in [1.807, 2.05) is 16.2 Å². The van der Waals surface area contributed by atoms with Crippen molar-refractivity contribution in [3.63, 3.8) is 0 Å². The molecule has 0 aliphatic heterocycles. The van der Waals surface area contributed by atoms with Crippen LogP contribution in [0.3, 0.4) is 0 Å². The molecule has 0 heterocycles. The van der Waals surface area contributed by atoms with Crippen molar-refractivity contribution >= 4 is 17.6 Å². The summed E-state index contributed by atoms with van der Waals surface area (Å²) in [6.45, 7) is 0. The Kier molecular flexibility index (Phi) is 4.93. The van der Waals surface area contributed by atoms with Crippen molar-refractivity contribution in [2.24, 2.45) is 0 Å². The molecule has 6 nitrogen and oxygen atoms in total. The van der Waals surface area contributed by atoms with E-state index in [0.717, 1.165) is 12.1 Å². The fraction of sp³-hybridized carbons (Fsp3) is 0.0667. The molecular weight excluding hydrogens is 327 g/mol. The third kappa shape index (κ3) is 4.38. The highest BCUT2D eigenvalue weighted by Gasteiger charge is 2.33. The Morgan fingerprint density at radius 2 is 1.54 bits per heavy atom. The number of alkyl halides is 3. The molecule has 9 heteroatoms. The maximum atomic E-state index is 12.8. The first-order valence-corrected chi connectivity index (χ1v) is 6.60. The number of nitrogens with one attached hydrogen (secondary N) is 3. The standard InChI is InChI=1S/C15H12F3N3O3/c16-15(17,18)11-3-1-2-4-12(11)19-14(24)21-20-13(23)9-5-7-10(22)8-6-9/h1-8,22H,(H,20,23)(H2,19,21,24). The van der Waals surface area contributed by atoms with Crippen molar-refractivity contribution in [3.8, 4) is 5.75 Å². The first kappa shape index (κ1) is 17.1. The van der Waals surface area contributed by atoms with Crippen molar-refractivity contribution in [2.45, 2.75) is 6.18 Å². The molecule has 0 bridgehead atoms. The van der Waals surface area contributed by atoms with Crippen LogP contribution in [-0.4, -0.2) is 17.0 Å². The first-order chi connectivity index (χ1) is 11.3. The minimum Gasteiger partial charge on any atom is -0.508 e. The molecule has 2 aromatic carbocycles. The van der Waals surface area contributed by atoms with Gasteiger partial charge in [-0.25, -0.2) is 10.2 Å². The van der Waals surface area contributed by atoms with Gasteiger partial charge in [-0.15, -0.1) is 0 Å². The number of hydrazine groups is 1. The average molecular weight is 339 g/mol. The number of para-hydroxylation sites is 1. The number of urea groups is 1. The predicted molar refractivity (Wildman–Crippen MR) is 79.2 cm³/mol. The number of rotatable bonds is 2. The van der Waals surface area contributed by atoms with Crippen LogP contribution in [0.4, 0.5) is 23.7 Å². The van der Waals surface area contributed by atoms with Crippen LogP contribution in [0.15, 0.2) is 48.5 Å². The number of amides is 3. The molecule has 2 aromatic rings. The smallest absolute Gasteiger partial charge is 0.418 e. The molecule has 0 fully saturated rings. The zero-order valence-electron chi connectivity index (χ0n) is 12.0. The normalized spacial score (nSPS) is 10.8. The summed E-state index contributed by atoms with van der Waals surface area (Å²) < 4.78 is 38.4. The topological polar surface area (TPSA) is 90.5 Å². The number of carbonyl (C=O) groups excluding carboxylic acids is 2. The Balaban J connectivity index is 1.97. The largest absolute Gasteiger partial charge is 0.508 e. The van der Waals surface area contributed by atoms with Crippen LogP contribution in [0.25, 0.3) is 0 Å². The van der Waals surface area contributed by atoms with Crippen LogP contribution in [0.2, 0.25) is 0 Å². The lowest BCUT2D eigenvalue weighted by molar-refractivity contribution is -0.136. The van der Waals surface area contributed by atoms with Gasteiger partial charge in [-0.1, -0.05) is 12.1 Å². The second-order valence-corrected chi connectivity index (χ2v) is 4.62. The molecule has 2 rings (SSSR count). The summed E-state index contributed by atoms with van der Waals surface area (Å²) in [5, 5.41) is 11.1. The molecule has 0 saturated carbocycles. The summed E-state index contributed by atoms with van der Waals surface area (Å²) in [6, 6.07) is 8.56. The summed E-state index contributed by atoms with van der Waals surface area (Å²) in [5.41, 5.74) is 2.67. The highest BCUT2D eigenvalue weighted by Crippen LogP contribution is 2.34. The molecule has 0 aromatic heterocycles. The van der Waals surface area contributed by atoms with Gasteiger partial charge in [0.1, 0.15) is 5.75 Å². The predicted octanol–water partition coefficient (Wildman–Crippen LogP) is 2.88. The SMILES string of the molecule is O=C(NNC(=O)c1ccc(O)cc1)Nc1ccccc1C(F)(F)F. The lowest BCUT2D eigenvalue weighted by atomic mass is 10.1. The molecule has 3 amide bonds. The van der Waals surface area contributed by atoms with Crippen LogP contribution in [0.1, 0.15) is 15.9 Å². The summed E-state index contributed by atoms with van der Waals surface area (Å²) in [7, 11) is 0. The summed E-state index contributed by atoms with van der Waals surface area (Å²) in [6.07, 6.45) is -4.63. The van der Waals surface area contributed by atoms with E-state index in [1.165, 1.54) is 36.4 Å². The van der Waals surface area contributed by atoms with Crippen molar-refractivity contribution in [2.75, 3.05) is 5.32 Å². The second-order valence-electron chi connectivity index (χ2n) is 4.62. The Bertz CT molecular complexity index is 746. The Hall–Kier alpha value is -3.23. The highest BCUT2D eigenvalue weighted by atomic mass is 19.4. The van der Waals surface area contributed by atoms with Crippen LogP contribution in [-0.2, 0) is 6.18 Å². The molecule has 0 unspecified atom stereocenters. The number of hydrogen-bond acceptors (Lipinski definition) is 3. The van der Waals surface area contributed by atoms with Gasteiger partial charge < -0.3 is 10.4 Å². The number of phenolic OH excluding ortho intramolecular Hbond substituents is 1. The third-order valence-corrected chi connectivity index (χ3v) is 2.90. The lowest BCUT2D eigenvalue weighted by Gasteiger charge is -2.14. The minimum absolute atomic E-state index is 0.0407. The van der Waals surface area contributed by atoms with Gasteiger partial charge in [0, 0.05) is 5.56 Å². The molecule has 24 heavy (non-hydrogen) atoms. The number of carbonyl (C=O) groups is 2. The zero-order chi connectivity index (χ0) is 17.7. The van der Waals surface area contributed by atoms with Crippen molar-refractivity contribution in [1.29, 1.82) is 0 Å². The van der Waals surface area contributed by atoms with Crippen LogP contribution >= 0.6 is 0 Å². The van der Waals surface area contributed by atoms with Gasteiger partial charge in [-0.3, -0.25) is 10.2 Å². The van der Waals surface area contributed by atoms with Gasteiger partial charge in [0.2, 0.25) is 0 Å². The maximum absolute atomic E-state index is 12.8. The molecule has 0 saturated heterocycles. The molecule has 0 atom stereocenters. The van der Waals surface area contributed by atoms with E-state index < -0.39 is 29.4 Å². The summed E-state index contributed by atoms with van der Waals surface area (Å²) in [4.78, 5) is 23.4. The van der Waals surface area contributed by atoms with Crippen molar-refractivity contribution < 1.29 is 27.9 Å². The van der Waals surface area contributed by atoms with E-state index in [-0.39, 0.29) is 11.3 Å². The molecule has 0 spiro atoms. The number of halogens is 3. The summed E-state index contributed by atoms with van der Waals surface area (Å²) in [5.74, 6) is -0.740. The monoisotopic (exact) mass is 339 g/mol. The van der Waals surface area contributed by atoms with Gasteiger partial charge >= 0.3 is 12.2 Å². The average Bonchev–Trinajstić information content (AvgIpc) is 2.53. The third-order valence-electron chi connectivity index (χ3n) is 2.90. The molecule has 4 N–H and O–H groups in total. The Morgan fingerprint density at radius 1 is 0.917 bits per heavy atom. The molecule has 0 aliphatic rings.